The van der Waals surface area contributed by atoms with Gasteiger partial charge in [0.25, 0.3) is 3.25 Å². The Labute approximate surface area is 270 Å². The minimum atomic E-state index is -2.76. The Morgan fingerprint density at radius 3 is 1.83 bits per heavy atom. The summed E-state index contributed by atoms with van der Waals surface area (Å²) in [5, 5.41) is 24.7. The van der Waals surface area contributed by atoms with Crippen molar-refractivity contribution in [3.05, 3.63) is 100 Å². The Morgan fingerprint density at radius 1 is 0.971 bits per heavy atom. The molecule has 0 unspecified atom stereocenters. The van der Waals surface area contributed by atoms with E-state index in [2.05, 4.69) is 40.7 Å². The second-order valence-corrected chi connectivity index (χ2v) is 8.64. The van der Waals surface area contributed by atoms with Gasteiger partial charge in [-0.15, -0.1) is 0 Å². The number of hydrogen-bond donors (Lipinski definition) is 2. The van der Waals surface area contributed by atoms with E-state index in [0.717, 1.165) is 0 Å². The fraction of sp³-hybridized carbons (Fsp3) is 0.167. The Hall–Kier alpha value is -1.71. The van der Waals surface area contributed by atoms with E-state index in [9.17, 15) is 5.11 Å². The summed E-state index contributed by atoms with van der Waals surface area (Å²) in [5.41, 5.74) is -2.64. The number of alkyl halides is 5. The van der Waals surface area contributed by atoms with Crippen LogP contribution in [0.2, 0.25) is 0 Å². The first kappa shape index (κ1) is 13.2. The van der Waals surface area contributed by atoms with E-state index in [1.54, 1.807) is 6.07 Å². The topological polar surface area (TPSA) is 80.2 Å². The number of rotatable bonds is 1. The van der Waals surface area contributed by atoms with E-state index in [1.165, 1.54) is 6.07 Å². The average molecular weight is 653 g/mol. The van der Waals surface area contributed by atoms with Crippen LogP contribution in [0.3, 0.4) is 0 Å². The zero-order chi connectivity index (χ0) is 44.5. The molecule has 3 aromatic carbocycles. The molecule has 0 amide bonds. The molecule has 1 N–H and O–H groups in total. The predicted molar refractivity (Wildman–Crippen MR) is 156 cm³/mol. The molecule has 0 spiro atoms. The maximum atomic E-state index is 9.35. The van der Waals surface area contributed by atoms with Crippen molar-refractivity contribution in [2.75, 3.05) is 0 Å². The van der Waals surface area contributed by atoms with Gasteiger partial charge in [-0.05, 0) is 48.5 Å². The van der Waals surface area contributed by atoms with Gasteiger partial charge >= 0.3 is 24.8 Å². The van der Waals surface area contributed by atoms with E-state index in [1.807, 2.05) is 0 Å². The summed E-state index contributed by atoms with van der Waals surface area (Å²) < 4.78 is 147. The second kappa shape index (κ2) is 21.6. The number of phenolic OH excluding ortho intramolecular Hbond substituents is 1. The van der Waals surface area contributed by atoms with Crippen LogP contribution in [-0.2, 0) is 5.28 Å². The molecule has 0 atom stereocenters. The Morgan fingerprint density at radius 2 is 1.37 bits per heavy atom. The van der Waals surface area contributed by atoms with Crippen LogP contribution in [0.1, 0.15) is 55.2 Å². The van der Waals surface area contributed by atoms with Crippen molar-refractivity contribution in [1.29, 1.82) is 10.5 Å². The molecular formula is C24H22BBrCl4N3OS. The zero-order valence-corrected chi connectivity index (χ0v) is 22.2. The first-order valence-corrected chi connectivity index (χ1v) is 10.5. The van der Waals surface area contributed by atoms with Crippen LogP contribution in [0.4, 0.5) is 0 Å². The number of halogens is 5. The molecule has 0 bridgehead atoms. The fourth-order valence-corrected chi connectivity index (χ4v) is 1.47. The van der Waals surface area contributed by atoms with Crippen LogP contribution in [0, 0.1) is 36.4 Å². The molecule has 0 heterocycles. The second-order valence-electron chi connectivity index (χ2n) is 4.59. The number of phenols is 1. The number of thiol groups is 1. The summed E-state index contributed by atoms with van der Waals surface area (Å²) in [7, 11) is 4.34. The Balaban J connectivity index is 0. The number of para-hydroxylation sites is 1. The van der Waals surface area contributed by atoms with Gasteiger partial charge in [0, 0.05) is 16.2 Å². The molecule has 0 aliphatic heterocycles. The molecule has 3 rings (SSSR count). The molecule has 35 heavy (non-hydrogen) atoms. The Bertz CT molecular complexity index is 1850. The molecule has 1 radical (unpaired) electrons. The predicted octanol–water partition coefficient (Wildman–Crippen LogP) is 8.76. The molecular weight excluding hydrogens is 611 g/mol. The number of hydrogen-bond acceptors (Lipinski definition) is 5. The van der Waals surface area contributed by atoms with Crippen LogP contribution in [0.5, 0.6) is 5.75 Å². The molecule has 11 heteroatoms. The number of aromatic hydroxyl groups is 1. The van der Waals surface area contributed by atoms with E-state index < -0.39 is 117 Å². The normalized spacial score (nSPS) is 18.1. The summed E-state index contributed by atoms with van der Waals surface area (Å²) in [5.74, 6) is -0.916. The number of nitrogens with zero attached hydrogens (tertiary/aromatic N) is 3. The van der Waals surface area contributed by atoms with Gasteiger partial charge in [0.2, 0.25) is 0 Å². The van der Waals surface area contributed by atoms with Crippen LogP contribution < -0.4 is 0 Å². The molecule has 3 aromatic rings. The van der Waals surface area contributed by atoms with Gasteiger partial charge in [-0.1, -0.05) is 117 Å². The van der Waals surface area contributed by atoms with Gasteiger partial charge in [-0.3, -0.25) is 0 Å². The van der Waals surface area contributed by atoms with Crippen LogP contribution in [0.25, 0.3) is 0 Å². The monoisotopic (exact) mass is 650 g/mol. The summed E-state index contributed by atoms with van der Waals surface area (Å²) in [6, 6.07) is -4.37. The van der Waals surface area contributed by atoms with Crippen molar-refractivity contribution in [3.8, 4) is 17.9 Å². The summed E-state index contributed by atoms with van der Waals surface area (Å²) in [6.07, 6.45) is 0. The van der Waals surface area contributed by atoms with Crippen molar-refractivity contribution in [2.24, 2.45) is 4.30 Å². The van der Waals surface area contributed by atoms with Crippen molar-refractivity contribution in [3.63, 3.8) is 0 Å². The van der Waals surface area contributed by atoms with Crippen molar-refractivity contribution in [2.45, 2.75) is 22.2 Å². The van der Waals surface area contributed by atoms with Gasteiger partial charge < -0.3 is 5.11 Å². The van der Waals surface area contributed by atoms with Gasteiger partial charge in [-0.25, -0.2) is 0 Å². The molecule has 0 aliphatic carbocycles. The summed E-state index contributed by atoms with van der Waals surface area (Å²) in [4.78, 5) is 0. The molecule has 183 valence electrons. The quantitative estimate of drug-likeness (QED) is 0.157. The molecule has 0 aliphatic rings. The molecule has 0 saturated heterocycles. The summed E-state index contributed by atoms with van der Waals surface area (Å²) >= 11 is 25.2. The maximum absolute atomic E-state index is 9.35. The van der Waals surface area contributed by atoms with Crippen molar-refractivity contribution >= 4 is 82.8 Å². The average Bonchev–Trinajstić information content (AvgIpc) is 3.02. The van der Waals surface area contributed by atoms with E-state index in [0.29, 0.717) is 0 Å². The third-order valence-corrected chi connectivity index (χ3v) is 2.76. The van der Waals surface area contributed by atoms with Gasteiger partial charge in [-0.2, -0.15) is 10.5 Å². The third-order valence-electron chi connectivity index (χ3n) is 2.36. The van der Waals surface area contributed by atoms with Crippen LogP contribution in [0.15, 0.2) is 76.8 Å². The first-order valence-electron chi connectivity index (χ1n) is 17.8. The van der Waals surface area contributed by atoms with Gasteiger partial charge in [0.05, 0.1) is 39.7 Å². The summed E-state index contributed by atoms with van der Waals surface area (Å²) in [6.45, 7) is -5.50. The van der Waals surface area contributed by atoms with Crippen molar-refractivity contribution < 1.29 is 32.5 Å². The van der Waals surface area contributed by atoms with Gasteiger partial charge in [0.15, 0.2) is 0 Å². The number of nitriles is 2. The fourth-order valence-electron chi connectivity index (χ4n) is 1.17. The SMILES string of the molecule is ClC(Cl)(Cl)Cl.[2H]c1c([2H])c([2H])c(C([2H])([2H])Br)c(C#N)c1[2H].[2H]c1c([2H])c([2H])c(C([2H])([2H])[2H])c(C#N)c1[2H].[2H]c1c([2H])c([2H])c(C([2H])([2H])[2H])c(O)c1[2H].[B]=NS. The molecule has 0 fully saturated rings. The third kappa shape index (κ3) is 21.3. The number of benzene rings is 3. The van der Waals surface area contributed by atoms with E-state index in [-0.39, 0.29) is 11.1 Å². The van der Waals surface area contributed by atoms with Crippen molar-refractivity contribution in [1.82, 2.24) is 0 Å². The Kier molecular flexibility index (Phi) is 8.13. The molecule has 0 saturated carbocycles. The van der Waals surface area contributed by atoms with E-state index >= 15 is 0 Å². The van der Waals surface area contributed by atoms with Gasteiger partial charge in [0.1, 0.15) is 5.75 Å². The molecule has 0 aromatic heterocycles. The van der Waals surface area contributed by atoms with Crippen LogP contribution >= 0.6 is 75.1 Å². The first-order chi connectivity index (χ1) is 24.5. The molecule has 4 nitrogen and oxygen atoms in total. The minimum absolute atomic E-state index is 0.374. The standard InChI is InChI=1S/C8H6BrN.C8H7N.C7H8O.CCl4.BHNS/c9-5-7-3-1-2-4-8(7)6-10;1-7-4-2-3-5-8(7)6-9;1-6-4-2-3-5-7(6)8;2-1(3,4)5;1-2-3/h1-4H,5H2;2-5H,1H3;2-5,8H,1H3;;3H/i1D,2D,3D,4D,5D2;2*1D3,2D,3D,4D,5D;;. The zero-order valence-electron chi connectivity index (χ0n) is 36.7. The van der Waals surface area contributed by atoms with E-state index in [4.69, 9.17) is 84.3 Å². The van der Waals surface area contributed by atoms with Crippen LogP contribution in [-0.4, -0.2) is 16.0 Å².